The first-order chi connectivity index (χ1) is 8.78. The highest BCUT2D eigenvalue weighted by Gasteiger charge is 2.22. The summed E-state index contributed by atoms with van der Waals surface area (Å²) < 4.78 is 12.4. The number of rotatable bonds is 6. The molecule has 1 aliphatic heterocycles. The van der Waals surface area contributed by atoms with Gasteiger partial charge in [0.2, 0.25) is 5.91 Å². The Bertz CT molecular complexity index is 426. The van der Waals surface area contributed by atoms with Gasteiger partial charge in [-0.05, 0) is 28.3 Å². The number of epoxide rings is 1. The van der Waals surface area contributed by atoms with E-state index in [4.69, 9.17) is 9.47 Å². The average Bonchev–Trinajstić information content (AvgIpc) is 3.20. The minimum absolute atomic E-state index is 0.0250. The number of ether oxygens (including phenoxy) is 2. The Morgan fingerprint density at radius 3 is 2.83 bits per heavy atom. The van der Waals surface area contributed by atoms with Gasteiger partial charge in [0.05, 0.1) is 6.61 Å². The lowest BCUT2D eigenvalue weighted by molar-refractivity contribution is -0.115. The molecular weight excluding hydrogens is 345 g/mol. The van der Waals surface area contributed by atoms with Gasteiger partial charge in [-0.25, -0.2) is 0 Å². The SMILES string of the molecule is O=C(CC=CI)Nc1ccc(OCC2CO2)cc1. The Morgan fingerprint density at radius 1 is 1.50 bits per heavy atom. The quantitative estimate of drug-likeness (QED) is 0.628. The molecular formula is C13H14INO3. The van der Waals surface area contributed by atoms with Crippen molar-refractivity contribution < 1.29 is 14.3 Å². The maximum Gasteiger partial charge on any atom is 0.228 e. The maximum absolute atomic E-state index is 11.5. The summed E-state index contributed by atoms with van der Waals surface area (Å²) in [7, 11) is 0. The number of nitrogens with one attached hydrogen (secondary N) is 1. The molecule has 0 bridgehead atoms. The van der Waals surface area contributed by atoms with E-state index in [1.807, 2.05) is 34.4 Å². The van der Waals surface area contributed by atoms with Crippen LogP contribution in [0.4, 0.5) is 5.69 Å². The summed E-state index contributed by atoms with van der Waals surface area (Å²) in [6.07, 6.45) is 2.45. The van der Waals surface area contributed by atoms with Crippen molar-refractivity contribution in [1.82, 2.24) is 0 Å². The lowest BCUT2D eigenvalue weighted by Gasteiger charge is -2.06. The Labute approximate surface area is 119 Å². The molecule has 1 fully saturated rings. The molecule has 1 unspecified atom stereocenters. The van der Waals surface area contributed by atoms with E-state index < -0.39 is 0 Å². The van der Waals surface area contributed by atoms with Gasteiger partial charge in [-0.3, -0.25) is 4.79 Å². The third-order valence-electron chi connectivity index (χ3n) is 2.37. The summed E-state index contributed by atoms with van der Waals surface area (Å²) in [6, 6.07) is 7.34. The topological polar surface area (TPSA) is 50.9 Å². The molecule has 0 aliphatic carbocycles. The number of hydrogen-bond acceptors (Lipinski definition) is 3. The van der Waals surface area contributed by atoms with Crippen LogP contribution >= 0.6 is 22.6 Å². The van der Waals surface area contributed by atoms with Crippen molar-refractivity contribution in [2.75, 3.05) is 18.5 Å². The molecule has 1 heterocycles. The standard InChI is InChI=1S/C13H14INO3/c14-7-1-2-13(16)15-10-3-5-11(6-4-10)17-8-12-9-18-12/h1,3-7,12H,2,8-9H2,(H,15,16). The Morgan fingerprint density at radius 2 is 2.22 bits per heavy atom. The first kappa shape index (κ1) is 13.4. The second-order valence-corrected chi connectivity index (χ2v) is 4.62. The second-order valence-electron chi connectivity index (χ2n) is 3.90. The monoisotopic (exact) mass is 359 g/mol. The van der Waals surface area contributed by atoms with Crippen molar-refractivity contribution in [3.05, 3.63) is 34.4 Å². The molecule has 0 saturated carbocycles. The van der Waals surface area contributed by atoms with Gasteiger partial charge < -0.3 is 14.8 Å². The number of anilines is 1. The van der Waals surface area contributed by atoms with Crippen LogP contribution in [0.2, 0.25) is 0 Å². The van der Waals surface area contributed by atoms with Crippen LogP contribution in [0.5, 0.6) is 5.75 Å². The number of halogens is 1. The summed E-state index contributed by atoms with van der Waals surface area (Å²) in [5.41, 5.74) is 0.775. The summed E-state index contributed by atoms with van der Waals surface area (Å²) in [6.45, 7) is 1.38. The van der Waals surface area contributed by atoms with Crippen molar-refractivity contribution in [2.24, 2.45) is 0 Å². The Kier molecular flexibility index (Phi) is 5.00. The smallest absolute Gasteiger partial charge is 0.228 e. The summed E-state index contributed by atoms with van der Waals surface area (Å²) in [4.78, 5) is 11.5. The fourth-order valence-electron chi connectivity index (χ4n) is 1.35. The highest BCUT2D eigenvalue weighted by Crippen LogP contribution is 2.18. The largest absolute Gasteiger partial charge is 0.491 e. The molecule has 0 aromatic heterocycles. The van der Waals surface area contributed by atoms with E-state index in [0.29, 0.717) is 13.0 Å². The molecule has 2 rings (SSSR count). The van der Waals surface area contributed by atoms with Crippen molar-refractivity contribution in [3.8, 4) is 5.75 Å². The molecule has 1 atom stereocenters. The van der Waals surface area contributed by atoms with Gasteiger partial charge in [-0.1, -0.05) is 28.7 Å². The second kappa shape index (κ2) is 6.75. The molecule has 0 radical (unpaired) electrons. The van der Waals surface area contributed by atoms with Gasteiger partial charge in [-0.15, -0.1) is 0 Å². The lowest BCUT2D eigenvalue weighted by atomic mass is 10.3. The predicted octanol–water partition coefficient (Wildman–Crippen LogP) is 2.74. The average molecular weight is 359 g/mol. The van der Waals surface area contributed by atoms with Crippen LogP contribution < -0.4 is 10.1 Å². The van der Waals surface area contributed by atoms with Gasteiger partial charge in [0.25, 0.3) is 0 Å². The third kappa shape index (κ3) is 4.66. The third-order valence-corrected chi connectivity index (χ3v) is 2.88. The molecule has 1 aromatic carbocycles. The van der Waals surface area contributed by atoms with E-state index in [1.165, 1.54) is 0 Å². The predicted molar refractivity (Wildman–Crippen MR) is 78.1 cm³/mol. The van der Waals surface area contributed by atoms with Gasteiger partial charge in [0.15, 0.2) is 0 Å². The van der Waals surface area contributed by atoms with Gasteiger partial charge in [-0.2, -0.15) is 0 Å². The van der Waals surface area contributed by atoms with E-state index in [1.54, 1.807) is 0 Å². The lowest BCUT2D eigenvalue weighted by Crippen LogP contribution is -2.10. The Balaban J connectivity index is 1.80. The van der Waals surface area contributed by atoms with Crippen LogP contribution in [0.25, 0.3) is 0 Å². The van der Waals surface area contributed by atoms with Crippen molar-refractivity contribution in [3.63, 3.8) is 0 Å². The first-order valence-electron chi connectivity index (χ1n) is 5.67. The summed E-state index contributed by atoms with van der Waals surface area (Å²) in [5, 5.41) is 2.81. The van der Waals surface area contributed by atoms with Crippen LogP contribution in [-0.4, -0.2) is 25.2 Å². The minimum atomic E-state index is -0.0250. The molecule has 96 valence electrons. The fourth-order valence-corrected chi connectivity index (χ4v) is 1.61. The van der Waals surface area contributed by atoms with E-state index in [9.17, 15) is 4.79 Å². The maximum atomic E-state index is 11.5. The molecule has 18 heavy (non-hydrogen) atoms. The molecule has 1 amide bonds. The van der Waals surface area contributed by atoms with Gasteiger partial charge in [0, 0.05) is 12.1 Å². The van der Waals surface area contributed by atoms with Crippen molar-refractivity contribution in [2.45, 2.75) is 12.5 Å². The van der Waals surface area contributed by atoms with Gasteiger partial charge >= 0.3 is 0 Å². The summed E-state index contributed by atoms with van der Waals surface area (Å²) >= 11 is 2.09. The van der Waals surface area contributed by atoms with Crippen LogP contribution in [-0.2, 0) is 9.53 Å². The zero-order valence-corrected chi connectivity index (χ0v) is 11.9. The highest BCUT2D eigenvalue weighted by atomic mass is 127. The van der Waals surface area contributed by atoms with E-state index >= 15 is 0 Å². The molecule has 1 aliphatic rings. The molecule has 5 heteroatoms. The fraction of sp³-hybridized carbons (Fsp3) is 0.308. The van der Waals surface area contributed by atoms with Crippen LogP contribution in [0, 0.1) is 0 Å². The van der Waals surface area contributed by atoms with E-state index in [-0.39, 0.29) is 12.0 Å². The number of benzene rings is 1. The van der Waals surface area contributed by atoms with Crippen molar-refractivity contribution >= 4 is 34.2 Å². The highest BCUT2D eigenvalue weighted by molar-refractivity contribution is 14.1. The van der Waals surface area contributed by atoms with Gasteiger partial charge in [0.1, 0.15) is 18.5 Å². The molecule has 4 nitrogen and oxygen atoms in total. The van der Waals surface area contributed by atoms with Crippen molar-refractivity contribution in [1.29, 1.82) is 0 Å². The first-order valence-corrected chi connectivity index (χ1v) is 6.92. The Hall–Kier alpha value is -1.08. The zero-order chi connectivity index (χ0) is 12.8. The number of hydrogen-bond donors (Lipinski definition) is 1. The zero-order valence-electron chi connectivity index (χ0n) is 9.77. The van der Waals surface area contributed by atoms with Crippen LogP contribution in [0.15, 0.2) is 34.4 Å². The number of carbonyl (C=O) groups excluding carboxylic acids is 1. The molecule has 0 spiro atoms. The molecule has 1 N–H and O–H groups in total. The van der Waals surface area contributed by atoms with Crippen LogP contribution in [0.1, 0.15) is 6.42 Å². The number of carbonyl (C=O) groups is 1. The minimum Gasteiger partial charge on any atom is -0.491 e. The summed E-state index contributed by atoms with van der Waals surface area (Å²) in [5.74, 6) is 0.763. The molecule has 1 saturated heterocycles. The normalized spacial score (nSPS) is 17.7. The van der Waals surface area contributed by atoms with E-state index in [2.05, 4.69) is 27.9 Å². The van der Waals surface area contributed by atoms with Crippen LogP contribution in [0.3, 0.4) is 0 Å². The molecule has 1 aromatic rings. The van der Waals surface area contributed by atoms with E-state index in [0.717, 1.165) is 18.0 Å². The number of amides is 1.